The highest BCUT2D eigenvalue weighted by Gasteiger charge is 2.28. The van der Waals surface area contributed by atoms with E-state index in [1.165, 1.54) is 18.4 Å². The number of rotatable bonds is 4. The van der Waals surface area contributed by atoms with Gasteiger partial charge in [0.15, 0.2) is 5.96 Å². The lowest BCUT2D eigenvalue weighted by molar-refractivity contribution is -0.0251. The average Bonchev–Trinajstić information content (AvgIpc) is 2.65. The topological polar surface area (TPSA) is 36.9 Å². The number of likely N-dealkylation sites (tertiary alicyclic amines) is 1. The van der Waals surface area contributed by atoms with Crippen LogP contribution in [0.5, 0.6) is 0 Å². The minimum atomic E-state index is 0.177. The Morgan fingerprint density at radius 1 is 1.19 bits per heavy atom. The Morgan fingerprint density at radius 2 is 1.92 bits per heavy atom. The van der Waals surface area contributed by atoms with E-state index in [0.29, 0.717) is 5.92 Å². The van der Waals surface area contributed by atoms with E-state index >= 15 is 0 Å². The van der Waals surface area contributed by atoms with E-state index in [0.717, 1.165) is 57.0 Å². The lowest BCUT2D eigenvalue weighted by Crippen LogP contribution is -2.48. The highest BCUT2D eigenvalue weighted by molar-refractivity contribution is 5.80. The molecule has 26 heavy (non-hydrogen) atoms. The molecule has 2 heterocycles. The summed E-state index contributed by atoms with van der Waals surface area (Å²) in [7, 11) is 0. The van der Waals surface area contributed by atoms with Crippen molar-refractivity contribution in [2.45, 2.75) is 46.1 Å². The first-order valence-electron chi connectivity index (χ1n) is 10.4. The van der Waals surface area contributed by atoms with Crippen LogP contribution in [0.15, 0.2) is 35.3 Å². The Morgan fingerprint density at radius 3 is 2.62 bits per heavy atom. The van der Waals surface area contributed by atoms with Crippen molar-refractivity contribution in [3.63, 3.8) is 0 Å². The van der Waals surface area contributed by atoms with Gasteiger partial charge in [0.05, 0.1) is 6.10 Å². The molecule has 1 N–H and O–H groups in total. The molecular weight excluding hydrogens is 322 g/mol. The van der Waals surface area contributed by atoms with Crippen molar-refractivity contribution >= 4 is 5.96 Å². The third-order valence-corrected chi connectivity index (χ3v) is 5.55. The Labute approximate surface area is 159 Å². The van der Waals surface area contributed by atoms with E-state index in [1.807, 2.05) is 0 Å². The van der Waals surface area contributed by atoms with Crippen LogP contribution < -0.4 is 5.32 Å². The Kier molecular flexibility index (Phi) is 6.95. The molecule has 0 radical (unpaired) electrons. The summed E-state index contributed by atoms with van der Waals surface area (Å²) in [5.74, 6) is 3.01. The fourth-order valence-electron chi connectivity index (χ4n) is 4.51. The van der Waals surface area contributed by atoms with Crippen molar-refractivity contribution in [1.29, 1.82) is 0 Å². The molecular formula is C22H35N3O. The SMILES string of the molecule is CCNC(=NCC1CCCOC1c1ccccc1)N1CC(C)CC(C)C1. The first kappa shape index (κ1) is 19.2. The monoisotopic (exact) mass is 357 g/mol. The molecule has 3 rings (SSSR count). The molecule has 1 aromatic carbocycles. The lowest BCUT2D eigenvalue weighted by Gasteiger charge is -2.37. The summed E-state index contributed by atoms with van der Waals surface area (Å²) in [6.07, 6.45) is 3.83. The largest absolute Gasteiger partial charge is 0.373 e. The van der Waals surface area contributed by atoms with Crippen LogP contribution in [-0.2, 0) is 4.74 Å². The third-order valence-electron chi connectivity index (χ3n) is 5.55. The van der Waals surface area contributed by atoms with Gasteiger partial charge in [-0.3, -0.25) is 4.99 Å². The quantitative estimate of drug-likeness (QED) is 0.651. The summed E-state index contributed by atoms with van der Waals surface area (Å²) in [6.45, 7) is 11.7. The summed E-state index contributed by atoms with van der Waals surface area (Å²) in [5, 5.41) is 3.52. The minimum Gasteiger partial charge on any atom is -0.373 e. The van der Waals surface area contributed by atoms with Gasteiger partial charge in [0.1, 0.15) is 0 Å². The summed E-state index contributed by atoms with van der Waals surface area (Å²) in [6, 6.07) is 10.7. The minimum absolute atomic E-state index is 0.177. The molecule has 0 bridgehead atoms. The molecule has 0 saturated carbocycles. The fourth-order valence-corrected chi connectivity index (χ4v) is 4.51. The zero-order chi connectivity index (χ0) is 18.4. The van der Waals surface area contributed by atoms with Gasteiger partial charge in [-0.1, -0.05) is 44.2 Å². The van der Waals surface area contributed by atoms with Gasteiger partial charge in [0.25, 0.3) is 0 Å². The smallest absolute Gasteiger partial charge is 0.193 e. The first-order valence-corrected chi connectivity index (χ1v) is 10.4. The van der Waals surface area contributed by atoms with E-state index in [9.17, 15) is 0 Å². The average molecular weight is 358 g/mol. The standard InChI is InChI=1S/C22H35N3O/c1-4-23-22(25-15-17(2)13-18(3)16-25)24-14-20-11-8-12-26-21(20)19-9-6-5-7-10-19/h5-7,9-10,17-18,20-21H,4,8,11-16H2,1-3H3,(H,23,24). The molecule has 1 aromatic rings. The predicted octanol–water partition coefficient (Wildman–Crippen LogP) is 4.10. The van der Waals surface area contributed by atoms with Gasteiger partial charge >= 0.3 is 0 Å². The number of benzene rings is 1. The number of aliphatic imine (C=N–C) groups is 1. The number of ether oxygens (including phenoxy) is 1. The maximum absolute atomic E-state index is 6.15. The molecule has 2 saturated heterocycles. The molecule has 0 aliphatic carbocycles. The van der Waals surface area contributed by atoms with Gasteiger partial charge in [-0.15, -0.1) is 0 Å². The zero-order valence-corrected chi connectivity index (χ0v) is 16.7. The van der Waals surface area contributed by atoms with E-state index < -0.39 is 0 Å². The molecule has 2 aliphatic heterocycles. The van der Waals surface area contributed by atoms with Gasteiger partial charge in [-0.25, -0.2) is 0 Å². The molecule has 4 unspecified atom stereocenters. The van der Waals surface area contributed by atoms with Crippen LogP contribution in [0.25, 0.3) is 0 Å². The predicted molar refractivity (Wildman–Crippen MR) is 108 cm³/mol. The first-order chi connectivity index (χ1) is 12.7. The van der Waals surface area contributed by atoms with Crippen LogP contribution in [0.2, 0.25) is 0 Å². The van der Waals surface area contributed by atoms with Crippen LogP contribution in [-0.4, -0.2) is 43.6 Å². The zero-order valence-electron chi connectivity index (χ0n) is 16.7. The normalized spacial score (nSPS) is 30.3. The molecule has 0 spiro atoms. The second-order valence-corrected chi connectivity index (χ2v) is 8.15. The van der Waals surface area contributed by atoms with Crippen molar-refractivity contribution < 1.29 is 4.74 Å². The number of nitrogens with one attached hydrogen (secondary N) is 1. The van der Waals surface area contributed by atoms with Crippen LogP contribution in [0.3, 0.4) is 0 Å². The molecule has 0 amide bonds. The van der Waals surface area contributed by atoms with Crippen LogP contribution in [0, 0.1) is 17.8 Å². The molecule has 0 aromatic heterocycles. The highest BCUT2D eigenvalue weighted by atomic mass is 16.5. The molecule has 4 heteroatoms. The Hall–Kier alpha value is -1.55. The number of hydrogen-bond acceptors (Lipinski definition) is 2. The number of guanidine groups is 1. The summed E-state index contributed by atoms with van der Waals surface area (Å²) < 4.78 is 6.15. The van der Waals surface area contributed by atoms with Crippen molar-refractivity contribution in [3.05, 3.63) is 35.9 Å². The summed E-state index contributed by atoms with van der Waals surface area (Å²) in [4.78, 5) is 7.52. The second kappa shape index (κ2) is 9.40. The van der Waals surface area contributed by atoms with Crippen LogP contribution in [0.4, 0.5) is 0 Å². The molecule has 4 nitrogen and oxygen atoms in total. The Balaban J connectivity index is 1.71. The number of nitrogens with zero attached hydrogens (tertiary/aromatic N) is 2. The molecule has 2 aliphatic rings. The van der Waals surface area contributed by atoms with E-state index in [2.05, 4.69) is 61.3 Å². The number of piperidine rings is 1. The van der Waals surface area contributed by atoms with Gasteiger partial charge in [-0.2, -0.15) is 0 Å². The molecule has 4 atom stereocenters. The third kappa shape index (κ3) is 5.00. The summed E-state index contributed by atoms with van der Waals surface area (Å²) in [5.41, 5.74) is 1.29. The maximum Gasteiger partial charge on any atom is 0.193 e. The van der Waals surface area contributed by atoms with Crippen molar-refractivity contribution in [3.8, 4) is 0 Å². The fraction of sp³-hybridized carbons (Fsp3) is 0.682. The van der Waals surface area contributed by atoms with Gasteiger partial charge in [0.2, 0.25) is 0 Å². The van der Waals surface area contributed by atoms with Crippen molar-refractivity contribution in [1.82, 2.24) is 10.2 Å². The van der Waals surface area contributed by atoms with Crippen molar-refractivity contribution in [2.75, 3.05) is 32.8 Å². The summed E-state index contributed by atoms with van der Waals surface area (Å²) >= 11 is 0. The lowest BCUT2D eigenvalue weighted by atomic mass is 9.89. The van der Waals surface area contributed by atoms with Gasteiger partial charge in [-0.05, 0) is 43.6 Å². The van der Waals surface area contributed by atoms with Gasteiger partial charge < -0.3 is 15.0 Å². The second-order valence-electron chi connectivity index (χ2n) is 8.15. The van der Waals surface area contributed by atoms with E-state index in [-0.39, 0.29) is 6.10 Å². The van der Waals surface area contributed by atoms with Gasteiger partial charge in [0, 0.05) is 38.7 Å². The van der Waals surface area contributed by atoms with Crippen LogP contribution >= 0.6 is 0 Å². The Bertz CT molecular complexity index is 564. The highest BCUT2D eigenvalue weighted by Crippen LogP contribution is 2.33. The molecule has 2 fully saturated rings. The number of hydrogen-bond donors (Lipinski definition) is 1. The maximum atomic E-state index is 6.15. The van der Waals surface area contributed by atoms with Crippen molar-refractivity contribution in [2.24, 2.45) is 22.7 Å². The molecule has 144 valence electrons. The van der Waals surface area contributed by atoms with E-state index in [4.69, 9.17) is 9.73 Å². The van der Waals surface area contributed by atoms with Crippen LogP contribution in [0.1, 0.15) is 51.7 Å². The van der Waals surface area contributed by atoms with E-state index in [1.54, 1.807) is 0 Å².